The van der Waals surface area contributed by atoms with E-state index in [1.165, 1.54) is 6.92 Å². The van der Waals surface area contributed by atoms with Gasteiger partial charge in [-0.2, -0.15) is 0 Å². The quantitative estimate of drug-likeness (QED) is 0.415. The van der Waals surface area contributed by atoms with Crippen LogP contribution in [0, 0.1) is 0 Å². The Morgan fingerprint density at radius 3 is 1.88 bits per heavy atom. The summed E-state index contributed by atoms with van der Waals surface area (Å²) in [6.07, 6.45) is -0.472. The van der Waals surface area contributed by atoms with Crippen molar-refractivity contribution < 1.29 is 34.2 Å². The van der Waals surface area contributed by atoms with Gasteiger partial charge in [0.15, 0.2) is 0 Å². The topological polar surface area (TPSA) is 57.2 Å². The first-order chi connectivity index (χ1) is 3.13. The Kier molecular flexibility index (Phi) is 6.56. The predicted molar refractivity (Wildman–Crippen MR) is 20.3 cm³/mol. The number of hydrogen-bond donors (Lipinski definition) is 0. The van der Waals surface area contributed by atoms with Crippen molar-refractivity contribution in [2.45, 2.75) is 13.3 Å². The molecule has 1 radical (unpaired) electrons. The van der Waals surface area contributed by atoms with E-state index in [1.807, 2.05) is 0 Å². The number of carbonyl (C=O) groups excluding carboxylic acids is 2. The Hall–Kier alpha value is -0.237. The van der Waals surface area contributed by atoms with Crippen LogP contribution < -0.4 is 5.11 Å². The average molecular weight is 204 g/mol. The average Bonchev–Trinajstić information content (AvgIpc) is 1.27. The molecule has 0 unspecified atom stereocenters. The number of Topliss-reactive ketones (excluding diaryl/α,β-unsaturated/α-hetero) is 1. The van der Waals surface area contributed by atoms with Crippen LogP contribution in [0.4, 0.5) is 0 Å². The van der Waals surface area contributed by atoms with Gasteiger partial charge in [0.2, 0.25) is 0 Å². The second-order valence-electron chi connectivity index (χ2n) is 1.25. The Balaban J connectivity index is 0. The van der Waals surface area contributed by atoms with Crippen LogP contribution in [0.15, 0.2) is 0 Å². The van der Waals surface area contributed by atoms with Gasteiger partial charge in [-0.25, -0.2) is 0 Å². The maximum absolute atomic E-state index is 9.83. The molecular formula is C4H5O3Rh-. The fourth-order valence-electron chi connectivity index (χ4n) is 0.203. The van der Waals surface area contributed by atoms with E-state index in [-0.39, 0.29) is 25.3 Å². The summed E-state index contributed by atoms with van der Waals surface area (Å²) in [5, 5.41) is 9.48. The first-order valence-corrected chi connectivity index (χ1v) is 1.82. The second kappa shape index (κ2) is 4.91. The Morgan fingerprint density at radius 1 is 1.50 bits per heavy atom. The van der Waals surface area contributed by atoms with Crippen molar-refractivity contribution in [3.63, 3.8) is 0 Å². The van der Waals surface area contributed by atoms with Gasteiger partial charge in [-0.3, -0.25) is 4.79 Å². The molecule has 0 amide bonds. The number of hydrogen-bond acceptors (Lipinski definition) is 3. The molecule has 0 saturated heterocycles. The summed E-state index contributed by atoms with van der Waals surface area (Å²) >= 11 is 0. The van der Waals surface area contributed by atoms with Gasteiger partial charge in [0.1, 0.15) is 5.78 Å². The smallest absolute Gasteiger partial charge is 0.135 e. The first kappa shape index (κ1) is 10.7. The SMILES string of the molecule is CC(=O)CC(=O)[O-].[Rh]. The number of rotatable bonds is 2. The third-order valence-corrected chi connectivity index (χ3v) is 0.393. The number of aliphatic carboxylic acids is 1. The van der Waals surface area contributed by atoms with Crippen molar-refractivity contribution in [2.24, 2.45) is 0 Å². The van der Waals surface area contributed by atoms with Crippen LogP contribution in [0.3, 0.4) is 0 Å². The maximum Gasteiger partial charge on any atom is 0.135 e. The summed E-state index contributed by atoms with van der Waals surface area (Å²) in [4.78, 5) is 19.3. The summed E-state index contributed by atoms with van der Waals surface area (Å²) in [5.41, 5.74) is 0. The van der Waals surface area contributed by atoms with E-state index in [0.717, 1.165) is 0 Å². The molecule has 0 rings (SSSR count). The number of carboxylic acids is 1. The van der Waals surface area contributed by atoms with Gasteiger partial charge in [0, 0.05) is 31.9 Å². The van der Waals surface area contributed by atoms with Crippen LogP contribution >= 0.6 is 0 Å². The number of carboxylic acid groups (broad SMARTS) is 1. The molecule has 0 aliphatic carbocycles. The minimum Gasteiger partial charge on any atom is -0.550 e. The number of ketones is 1. The van der Waals surface area contributed by atoms with Crippen molar-refractivity contribution >= 4 is 11.8 Å². The predicted octanol–water partition coefficient (Wildman–Crippen LogP) is -1.29. The van der Waals surface area contributed by atoms with E-state index >= 15 is 0 Å². The van der Waals surface area contributed by atoms with E-state index in [9.17, 15) is 14.7 Å². The van der Waals surface area contributed by atoms with Crippen LogP contribution in [-0.2, 0) is 29.1 Å². The summed E-state index contributed by atoms with van der Waals surface area (Å²) in [6.45, 7) is 1.20. The standard InChI is InChI=1S/C4H6O3.Rh/c1-3(5)2-4(6)7;/h2H2,1H3,(H,6,7);/p-1. The van der Waals surface area contributed by atoms with Crippen molar-refractivity contribution in [1.82, 2.24) is 0 Å². The molecule has 3 nitrogen and oxygen atoms in total. The van der Waals surface area contributed by atoms with Gasteiger partial charge in [-0.1, -0.05) is 0 Å². The molecular weight excluding hydrogens is 199 g/mol. The summed E-state index contributed by atoms with van der Waals surface area (Å²) in [7, 11) is 0. The Morgan fingerprint density at radius 2 is 1.88 bits per heavy atom. The zero-order valence-electron chi connectivity index (χ0n) is 4.27. The molecule has 0 fully saturated rings. The van der Waals surface area contributed by atoms with Gasteiger partial charge < -0.3 is 9.90 Å². The van der Waals surface area contributed by atoms with Crippen molar-refractivity contribution in [3.8, 4) is 0 Å². The fraction of sp³-hybridized carbons (Fsp3) is 0.500. The van der Waals surface area contributed by atoms with Crippen LogP contribution in [0.2, 0.25) is 0 Å². The van der Waals surface area contributed by atoms with E-state index in [1.54, 1.807) is 0 Å². The molecule has 8 heavy (non-hydrogen) atoms. The van der Waals surface area contributed by atoms with Crippen LogP contribution in [-0.4, -0.2) is 11.8 Å². The van der Waals surface area contributed by atoms with E-state index < -0.39 is 12.4 Å². The van der Waals surface area contributed by atoms with Crippen molar-refractivity contribution in [2.75, 3.05) is 0 Å². The minimum absolute atomic E-state index is 0. The molecule has 4 heteroatoms. The molecule has 0 aromatic carbocycles. The summed E-state index contributed by atoms with van der Waals surface area (Å²) in [5.74, 6) is -1.69. The van der Waals surface area contributed by atoms with E-state index in [0.29, 0.717) is 0 Å². The van der Waals surface area contributed by atoms with Gasteiger partial charge >= 0.3 is 0 Å². The molecule has 0 saturated carbocycles. The molecule has 0 aromatic heterocycles. The summed E-state index contributed by atoms with van der Waals surface area (Å²) in [6, 6.07) is 0. The molecule has 49 valence electrons. The molecule has 0 heterocycles. The maximum atomic E-state index is 9.83. The fourth-order valence-corrected chi connectivity index (χ4v) is 0.203. The number of carbonyl (C=O) groups is 2. The largest absolute Gasteiger partial charge is 0.550 e. The molecule has 0 N–H and O–H groups in total. The molecule has 0 bridgehead atoms. The Labute approximate surface area is 59.8 Å². The van der Waals surface area contributed by atoms with E-state index in [2.05, 4.69) is 0 Å². The van der Waals surface area contributed by atoms with Crippen LogP contribution in [0.25, 0.3) is 0 Å². The normalized spacial score (nSPS) is 7.12. The minimum atomic E-state index is -1.31. The third kappa shape index (κ3) is 9.23. The van der Waals surface area contributed by atoms with Crippen LogP contribution in [0.1, 0.15) is 13.3 Å². The van der Waals surface area contributed by atoms with Gasteiger partial charge in [-0.05, 0) is 6.92 Å². The first-order valence-electron chi connectivity index (χ1n) is 1.82. The summed E-state index contributed by atoms with van der Waals surface area (Å²) < 4.78 is 0. The van der Waals surface area contributed by atoms with E-state index in [4.69, 9.17) is 0 Å². The molecule has 0 spiro atoms. The molecule has 0 aliphatic heterocycles. The van der Waals surface area contributed by atoms with Gasteiger partial charge in [-0.15, -0.1) is 0 Å². The molecule has 0 aromatic rings. The third-order valence-electron chi connectivity index (χ3n) is 0.393. The van der Waals surface area contributed by atoms with Crippen LogP contribution in [0.5, 0.6) is 0 Å². The Bertz CT molecular complexity index is 87.5. The van der Waals surface area contributed by atoms with Crippen molar-refractivity contribution in [1.29, 1.82) is 0 Å². The van der Waals surface area contributed by atoms with Gasteiger partial charge in [0.05, 0.1) is 0 Å². The zero-order valence-corrected chi connectivity index (χ0v) is 5.90. The molecule has 0 atom stereocenters. The molecule has 0 aliphatic rings. The second-order valence-corrected chi connectivity index (χ2v) is 1.25. The van der Waals surface area contributed by atoms with Crippen molar-refractivity contribution in [3.05, 3.63) is 0 Å². The van der Waals surface area contributed by atoms with Gasteiger partial charge in [0.25, 0.3) is 0 Å². The zero-order chi connectivity index (χ0) is 5.86. The monoisotopic (exact) mass is 204 g/mol.